The molecule has 7 N–H and O–H groups in total. The number of primary amides is 1. The van der Waals surface area contributed by atoms with Crippen LogP contribution in [0.5, 0.6) is 0 Å². The lowest BCUT2D eigenvalue weighted by molar-refractivity contribution is -0.118. The van der Waals surface area contributed by atoms with Crippen LogP contribution in [-0.4, -0.2) is 65.3 Å². The minimum atomic E-state index is -0.963. The highest BCUT2D eigenvalue weighted by atomic mass is 19.1. The number of carbonyl (C=O) groups excluding carboxylic acids is 1. The van der Waals surface area contributed by atoms with Crippen LogP contribution in [0.25, 0.3) is 0 Å². The maximum atomic E-state index is 13.1. The lowest BCUT2D eigenvalue weighted by atomic mass is 9.79. The Labute approximate surface area is 182 Å². The molecule has 1 unspecified atom stereocenters. The predicted molar refractivity (Wildman–Crippen MR) is 120 cm³/mol. The van der Waals surface area contributed by atoms with E-state index in [0.29, 0.717) is 18.3 Å². The summed E-state index contributed by atoms with van der Waals surface area (Å²) in [7, 11) is 0. The molecular formula is C22H33FN6O2. The van der Waals surface area contributed by atoms with Crippen molar-refractivity contribution < 1.29 is 14.3 Å². The lowest BCUT2D eigenvalue weighted by Gasteiger charge is -2.43. The van der Waals surface area contributed by atoms with Gasteiger partial charge in [0.1, 0.15) is 17.6 Å². The van der Waals surface area contributed by atoms with Gasteiger partial charge in [-0.2, -0.15) is 0 Å². The van der Waals surface area contributed by atoms with E-state index in [1.54, 1.807) is 0 Å². The number of nitrogens with zero attached hydrogens (tertiary/aromatic N) is 3. The number of hydrogen-bond donors (Lipinski definition) is 4. The van der Waals surface area contributed by atoms with E-state index in [1.165, 1.54) is 30.5 Å². The quantitative estimate of drug-likeness (QED) is 0.377. The van der Waals surface area contributed by atoms with Crippen LogP contribution in [0, 0.1) is 11.7 Å². The Morgan fingerprint density at radius 1 is 1.19 bits per heavy atom. The number of carbonyl (C=O) groups is 1. The Bertz CT molecular complexity index is 797. The molecule has 1 atom stereocenters. The summed E-state index contributed by atoms with van der Waals surface area (Å²) in [6.45, 7) is 2.21. The van der Waals surface area contributed by atoms with Gasteiger partial charge in [0, 0.05) is 31.9 Å². The van der Waals surface area contributed by atoms with Crippen molar-refractivity contribution in [1.82, 2.24) is 4.90 Å². The van der Waals surface area contributed by atoms with E-state index in [-0.39, 0.29) is 17.8 Å². The number of likely N-dealkylation sites (tertiary alicyclic amines) is 1. The molecule has 170 valence electrons. The van der Waals surface area contributed by atoms with Crippen molar-refractivity contribution >= 4 is 23.6 Å². The van der Waals surface area contributed by atoms with Crippen LogP contribution in [0.1, 0.15) is 38.5 Å². The van der Waals surface area contributed by atoms with Crippen molar-refractivity contribution in [2.45, 2.75) is 56.2 Å². The summed E-state index contributed by atoms with van der Waals surface area (Å²) in [5, 5.41) is 9.73. The Morgan fingerprint density at radius 3 is 2.35 bits per heavy atom. The third-order valence-electron chi connectivity index (χ3n) is 6.49. The van der Waals surface area contributed by atoms with Gasteiger partial charge >= 0.3 is 0 Å². The topological polar surface area (TPSA) is 143 Å². The molecular weight excluding hydrogens is 399 g/mol. The van der Waals surface area contributed by atoms with E-state index < -0.39 is 17.4 Å². The van der Waals surface area contributed by atoms with Gasteiger partial charge in [0.05, 0.1) is 17.3 Å². The summed E-state index contributed by atoms with van der Waals surface area (Å²) < 4.78 is 13.1. The van der Waals surface area contributed by atoms with Gasteiger partial charge in [0.2, 0.25) is 5.91 Å². The van der Waals surface area contributed by atoms with Crippen LogP contribution >= 0.6 is 0 Å². The zero-order valence-electron chi connectivity index (χ0n) is 17.8. The van der Waals surface area contributed by atoms with Crippen LogP contribution in [-0.2, 0) is 4.79 Å². The molecule has 31 heavy (non-hydrogen) atoms. The smallest absolute Gasteiger partial charge is 0.233 e. The van der Waals surface area contributed by atoms with Crippen molar-refractivity contribution in [1.29, 1.82) is 0 Å². The van der Waals surface area contributed by atoms with Crippen molar-refractivity contribution in [2.75, 3.05) is 19.6 Å². The molecule has 2 fully saturated rings. The van der Waals surface area contributed by atoms with Gasteiger partial charge < -0.3 is 27.2 Å². The molecule has 9 heteroatoms. The molecule has 2 aliphatic rings. The summed E-state index contributed by atoms with van der Waals surface area (Å²) in [4.78, 5) is 23.3. The SMILES string of the molecule is NCC1(N=CC(C(N)=O)C(N)=Nc2ccc(F)cc2)CCC(N2CCC(O)CC2)CC1. The van der Waals surface area contributed by atoms with Gasteiger partial charge in [-0.05, 0) is 62.8 Å². The van der Waals surface area contributed by atoms with Crippen LogP contribution in [0.4, 0.5) is 10.1 Å². The molecule has 0 spiro atoms. The molecule has 1 aromatic rings. The molecule has 8 nitrogen and oxygen atoms in total. The minimum absolute atomic E-state index is 0.00981. The van der Waals surface area contributed by atoms with E-state index >= 15 is 0 Å². The van der Waals surface area contributed by atoms with E-state index in [4.69, 9.17) is 22.2 Å². The maximum absolute atomic E-state index is 13.1. The summed E-state index contributed by atoms with van der Waals surface area (Å²) >= 11 is 0. The van der Waals surface area contributed by atoms with E-state index in [1.807, 2.05) is 0 Å². The Balaban J connectivity index is 1.66. The Kier molecular flexibility index (Phi) is 7.74. The average Bonchev–Trinajstić information content (AvgIpc) is 2.76. The molecule has 0 bridgehead atoms. The van der Waals surface area contributed by atoms with E-state index in [9.17, 15) is 14.3 Å². The second kappa shape index (κ2) is 10.3. The summed E-state index contributed by atoms with van der Waals surface area (Å²) in [6.07, 6.45) is 6.48. The van der Waals surface area contributed by atoms with Crippen LogP contribution < -0.4 is 17.2 Å². The second-order valence-electron chi connectivity index (χ2n) is 8.60. The molecule has 3 rings (SSSR count). The van der Waals surface area contributed by atoms with Crippen LogP contribution in [0.2, 0.25) is 0 Å². The Morgan fingerprint density at radius 2 is 1.81 bits per heavy atom. The largest absolute Gasteiger partial charge is 0.393 e. The lowest BCUT2D eigenvalue weighted by Crippen LogP contribution is -2.49. The molecule has 1 heterocycles. The maximum Gasteiger partial charge on any atom is 0.233 e. The van der Waals surface area contributed by atoms with Crippen molar-refractivity contribution in [2.24, 2.45) is 33.1 Å². The number of rotatable bonds is 7. The van der Waals surface area contributed by atoms with E-state index in [0.717, 1.165) is 51.6 Å². The molecule has 1 amide bonds. The fraction of sp³-hybridized carbons (Fsp3) is 0.591. The van der Waals surface area contributed by atoms with Gasteiger partial charge in [0.15, 0.2) is 0 Å². The number of aliphatic hydroxyl groups is 1. The first kappa shape index (κ1) is 23.3. The number of nitrogens with two attached hydrogens (primary N) is 3. The number of piperidine rings is 1. The molecule has 0 radical (unpaired) electrons. The third-order valence-corrected chi connectivity index (χ3v) is 6.49. The predicted octanol–water partition coefficient (Wildman–Crippen LogP) is 1.08. The highest BCUT2D eigenvalue weighted by Gasteiger charge is 2.36. The van der Waals surface area contributed by atoms with Crippen LogP contribution in [0.15, 0.2) is 34.3 Å². The fourth-order valence-corrected chi connectivity index (χ4v) is 4.40. The number of aliphatic hydroxyl groups excluding tert-OH is 1. The first-order valence-corrected chi connectivity index (χ1v) is 10.9. The van der Waals surface area contributed by atoms with E-state index in [2.05, 4.69) is 9.89 Å². The molecule has 0 aromatic heterocycles. The third kappa shape index (κ3) is 6.09. The van der Waals surface area contributed by atoms with Crippen LogP contribution in [0.3, 0.4) is 0 Å². The normalized spacial score (nSPS) is 27.5. The van der Waals surface area contributed by atoms with Gasteiger partial charge in [-0.15, -0.1) is 0 Å². The highest BCUT2D eigenvalue weighted by molar-refractivity contribution is 6.14. The molecule has 1 saturated carbocycles. The number of amidine groups is 1. The summed E-state index contributed by atoms with van der Waals surface area (Å²) in [6, 6.07) is 5.95. The monoisotopic (exact) mass is 432 g/mol. The number of amides is 1. The number of hydrogen-bond acceptors (Lipinski definition) is 6. The number of aliphatic imine (C=N–C) groups is 2. The standard InChI is InChI=1S/C22H33FN6O2/c23-15-1-3-16(4-2-15)28-20(25)19(21(26)31)13-27-22(14-24)9-5-17(6-10-22)29-11-7-18(30)8-12-29/h1-4,13,17-19,30H,5-12,14,24H2,(H2,25,28)(H2,26,31). The Hall–Kier alpha value is -2.36. The fourth-order valence-electron chi connectivity index (χ4n) is 4.40. The zero-order chi connectivity index (χ0) is 22.4. The van der Waals surface area contributed by atoms with Gasteiger partial charge in [-0.3, -0.25) is 9.79 Å². The van der Waals surface area contributed by atoms with Crippen molar-refractivity contribution in [3.8, 4) is 0 Å². The number of halogens is 1. The first-order chi connectivity index (χ1) is 14.8. The second-order valence-corrected chi connectivity index (χ2v) is 8.60. The summed E-state index contributed by atoms with van der Waals surface area (Å²) in [5.74, 6) is -1.99. The molecule has 1 aromatic carbocycles. The molecule has 1 saturated heterocycles. The van der Waals surface area contributed by atoms with Gasteiger partial charge in [0.25, 0.3) is 0 Å². The average molecular weight is 433 g/mol. The zero-order valence-corrected chi connectivity index (χ0v) is 17.8. The van der Waals surface area contributed by atoms with Crippen molar-refractivity contribution in [3.05, 3.63) is 30.1 Å². The number of benzene rings is 1. The summed E-state index contributed by atoms with van der Waals surface area (Å²) in [5.41, 5.74) is 17.6. The first-order valence-electron chi connectivity index (χ1n) is 10.9. The van der Waals surface area contributed by atoms with Gasteiger partial charge in [-0.1, -0.05) is 0 Å². The van der Waals surface area contributed by atoms with Gasteiger partial charge in [-0.25, -0.2) is 9.38 Å². The highest BCUT2D eigenvalue weighted by Crippen LogP contribution is 2.34. The van der Waals surface area contributed by atoms with Crippen molar-refractivity contribution in [3.63, 3.8) is 0 Å². The molecule has 1 aliphatic carbocycles. The minimum Gasteiger partial charge on any atom is -0.393 e. The molecule has 1 aliphatic heterocycles.